The van der Waals surface area contributed by atoms with Gasteiger partial charge in [0.25, 0.3) is 0 Å². The van der Waals surface area contributed by atoms with Crippen LogP contribution in [0.3, 0.4) is 0 Å². The Morgan fingerprint density at radius 3 is 2.52 bits per heavy atom. The minimum absolute atomic E-state index is 0.133. The summed E-state index contributed by atoms with van der Waals surface area (Å²) in [4.78, 5) is 29.2. The molecule has 0 radical (unpaired) electrons. The van der Waals surface area contributed by atoms with Gasteiger partial charge in [0.15, 0.2) is 17.2 Å². The number of hydrogen-bond acceptors (Lipinski definition) is 6. The summed E-state index contributed by atoms with van der Waals surface area (Å²) in [6.45, 7) is 3.72. The highest BCUT2D eigenvalue weighted by molar-refractivity contribution is 6.31. The Hall–Kier alpha value is -3.90. The fourth-order valence-electron chi connectivity index (χ4n) is 3.23. The molecule has 0 amide bonds. The molecule has 0 aromatic heterocycles. The molecule has 1 aliphatic rings. The molecule has 166 valence electrons. The molecule has 0 fully saturated rings. The third-order valence-electron chi connectivity index (χ3n) is 5.10. The van der Waals surface area contributed by atoms with Gasteiger partial charge < -0.3 is 14.2 Å². The number of aryl methyl sites for hydroxylation is 2. The summed E-state index contributed by atoms with van der Waals surface area (Å²) in [6, 6.07) is 17.4. The molecule has 0 aliphatic carbocycles. The van der Waals surface area contributed by atoms with E-state index >= 15 is 0 Å². The molecule has 0 saturated carbocycles. The van der Waals surface area contributed by atoms with Gasteiger partial charge >= 0.3 is 11.9 Å². The second kappa shape index (κ2) is 9.30. The lowest BCUT2D eigenvalue weighted by molar-refractivity contribution is -0.129. The standard InChI is InChI=1S/C26H20ClNO5/c1-15-6-4-5-7-19(15)25(29)32-22-11-9-17(13-23(22)31-3)12-21-26(30)33-24(28-21)18-10-8-16(2)20(27)14-18/h4-14H,1-3H3/b21-12-. The molecule has 3 aromatic carbocycles. The normalized spacial score (nSPS) is 14.1. The number of esters is 2. The summed E-state index contributed by atoms with van der Waals surface area (Å²) in [5, 5.41) is 0.559. The SMILES string of the molecule is COc1cc(/C=C2\N=C(c3ccc(C)c(Cl)c3)OC2=O)ccc1OC(=O)c1ccccc1C. The summed E-state index contributed by atoms with van der Waals surface area (Å²) in [7, 11) is 1.47. The largest absolute Gasteiger partial charge is 0.493 e. The lowest BCUT2D eigenvalue weighted by Crippen LogP contribution is -2.10. The monoisotopic (exact) mass is 461 g/mol. The number of aliphatic imine (C=N–C) groups is 1. The van der Waals surface area contributed by atoms with E-state index < -0.39 is 11.9 Å². The fraction of sp³-hybridized carbons (Fsp3) is 0.115. The van der Waals surface area contributed by atoms with Crippen molar-refractivity contribution in [1.29, 1.82) is 0 Å². The van der Waals surface area contributed by atoms with Crippen LogP contribution < -0.4 is 9.47 Å². The number of cyclic esters (lactones) is 1. The van der Waals surface area contributed by atoms with Crippen LogP contribution in [0.25, 0.3) is 6.08 Å². The van der Waals surface area contributed by atoms with Crippen LogP contribution in [0, 0.1) is 13.8 Å². The summed E-state index contributed by atoms with van der Waals surface area (Å²) < 4.78 is 16.2. The van der Waals surface area contributed by atoms with Crippen LogP contribution in [0.4, 0.5) is 0 Å². The summed E-state index contributed by atoms with van der Waals surface area (Å²) in [6.07, 6.45) is 1.57. The third kappa shape index (κ3) is 4.81. The van der Waals surface area contributed by atoms with Gasteiger partial charge in [-0.15, -0.1) is 0 Å². The van der Waals surface area contributed by atoms with Gasteiger partial charge in [0, 0.05) is 10.6 Å². The second-order valence-corrected chi connectivity index (χ2v) is 7.82. The maximum atomic E-state index is 12.5. The van der Waals surface area contributed by atoms with Crippen molar-refractivity contribution in [2.75, 3.05) is 7.11 Å². The first kappa shape index (κ1) is 22.3. The van der Waals surface area contributed by atoms with E-state index in [0.29, 0.717) is 27.5 Å². The van der Waals surface area contributed by atoms with Gasteiger partial charge in [-0.3, -0.25) is 0 Å². The van der Waals surface area contributed by atoms with Crippen molar-refractivity contribution in [2.45, 2.75) is 13.8 Å². The van der Waals surface area contributed by atoms with Crippen LogP contribution in [0.2, 0.25) is 5.02 Å². The van der Waals surface area contributed by atoms with Crippen molar-refractivity contribution in [2.24, 2.45) is 4.99 Å². The van der Waals surface area contributed by atoms with Crippen LogP contribution in [0.15, 0.2) is 71.4 Å². The number of nitrogens with zero attached hydrogens (tertiary/aromatic N) is 1. The van der Waals surface area contributed by atoms with E-state index in [1.165, 1.54) is 7.11 Å². The molecule has 6 nitrogen and oxygen atoms in total. The Balaban J connectivity index is 1.59. The third-order valence-corrected chi connectivity index (χ3v) is 5.51. The van der Waals surface area contributed by atoms with E-state index in [2.05, 4.69) is 4.99 Å². The molecule has 3 aromatic rings. The lowest BCUT2D eigenvalue weighted by Gasteiger charge is -2.11. The van der Waals surface area contributed by atoms with Crippen molar-refractivity contribution < 1.29 is 23.8 Å². The van der Waals surface area contributed by atoms with Crippen molar-refractivity contribution in [1.82, 2.24) is 0 Å². The van der Waals surface area contributed by atoms with E-state index in [9.17, 15) is 9.59 Å². The highest BCUT2D eigenvalue weighted by Crippen LogP contribution is 2.31. The lowest BCUT2D eigenvalue weighted by atomic mass is 10.1. The number of halogens is 1. The highest BCUT2D eigenvalue weighted by Gasteiger charge is 2.25. The average Bonchev–Trinajstić information content (AvgIpc) is 3.16. The van der Waals surface area contributed by atoms with Crippen molar-refractivity contribution in [3.05, 3.63) is 99.2 Å². The van der Waals surface area contributed by atoms with E-state index in [0.717, 1.165) is 11.1 Å². The first-order chi connectivity index (χ1) is 15.9. The number of methoxy groups -OCH3 is 1. The zero-order valence-electron chi connectivity index (χ0n) is 18.2. The Bertz CT molecular complexity index is 1330. The zero-order chi connectivity index (χ0) is 23.5. The van der Waals surface area contributed by atoms with Crippen LogP contribution >= 0.6 is 11.6 Å². The molecule has 0 bridgehead atoms. The Morgan fingerprint density at radius 2 is 1.79 bits per heavy atom. The van der Waals surface area contributed by atoms with Gasteiger partial charge in [0.05, 0.1) is 12.7 Å². The predicted molar refractivity (Wildman–Crippen MR) is 126 cm³/mol. The number of carbonyl (C=O) groups is 2. The van der Waals surface area contributed by atoms with E-state index in [1.54, 1.807) is 48.5 Å². The molecule has 0 unspecified atom stereocenters. The minimum Gasteiger partial charge on any atom is -0.493 e. The average molecular weight is 462 g/mol. The summed E-state index contributed by atoms with van der Waals surface area (Å²) >= 11 is 6.17. The number of benzene rings is 3. The predicted octanol–water partition coefficient (Wildman–Crippen LogP) is 5.53. The molecule has 1 aliphatic heterocycles. The van der Waals surface area contributed by atoms with Gasteiger partial charge in [0.1, 0.15) is 0 Å². The van der Waals surface area contributed by atoms with Gasteiger partial charge in [-0.05, 0) is 66.9 Å². The molecule has 0 spiro atoms. The molecular formula is C26H20ClNO5. The van der Waals surface area contributed by atoms with Crippen molar-refractivity contribution in [3.8, 4) is 11.5 Å². The topological polar surface area (TPSA) is 74.2 Å². The Labute approximate surface area is 196 Å². The molecule has 4 rings (SSSR count). The maximum absolute atomic E-state index is 12.5. The molecule has 0 saturated heterocycles. The van der Waals surface area contributed by atoms with Gasteiger partial charge in [-0.25, -0.2) is 14.6 Å². The van der Waals surface area contributed by atoms with Crippen molar-refractivity contribution >= 4 is 35.5 Å². The number of hydrogen-bond donors (Lipinski definition) is 0. The molecule has 1 heterocycles. The van der Waals surface area contributed by atoms with Crippen LogP contribution in [0.1, 0.15) is 32.6 Å². The summed E-state index contributed by atoms with van der Waals surface area (Å²) in [5.74, 6) is -0.268. The van der Waals surface area contributed by atoms with Gasteiger partial charge in [0.2, 0.25) is 5.90 Å². The van der Waals surface area contributed by atoms with E-state index in [1.807, 2.05) is 32.0 Å². The molecule has 7 heteroatoms. The number of ether oxygens (including phenoxy) is 3. The smallest absolute Gasteiger partial charge is 0.363 e. The number of rotatable bonds is 5. The van der Waals surface area contributed by atoms with Crippen molar-refractivity contribution in [3.63, 3.8) is 0 Å². The van der Waals surface area contributed by atoms with E-state index in [4.69, 9.17) is 25.8 Å². The Morgan fingerprint density at radius 1 is 1.00 bits per heavy atom. The number of carbonyl (C=O) groups excluding carboxylic acids is 2. The first-order valence-electron chi connectivity index (χ1n) is 10.1. The van der Waals surface area contributed by atoms with Gasteiger partial charge in [-0.1, -0.05) is 41.9 Å². The quantitative estimate of drug-likeness (QED) is 0.284. The van der Waals surface area contributed by atoms with Gasteiger partial charge in [-0.2, -0.15) is 0 Å². The van der Waals surface area contributed by atoms with Crippen LogP contribution in [-0.4, -0.2) is 24.9 Å². The van der Waals surface area contributed by atoms with Crippen LogP contribution in [-0.2, 0) is 9.53 Å². The van der Waals surface area contributed by atoms with E-state index in [-0.39, 0.29) is 17.3 Å². The maximum Gasteiger partial charge on any atom is 0.363 e. The zero-order valence-corrected chi connectivity index (χ0v) is 19.0. The Kier molecular flexibility index (Phi) is 6.29. The molecule has 0 N–H and O–H groups in total. The highest BCUT2D eigenvalue weighted by atomic mass is 35.5. The first-order valence-corrected chi connectivity index (χ1v) is 10.5. The molecule has 33 heavy (non-hydrogen) atoms. The molecular weight excluding hydrogens is 442 g/mol. The molecule has 0 atom stereocenters. The van der Waals surface area contributed by atoms with Crippen LogP contribution in [0.5, 0.6) is 11.5 Å². The summed E-state index contributed by atoms with van der Waals surface area (Å²) in [5.41, 5.74) is 3.56. The fourth-order valence-corrected chi connectivity index (χ4v) is 3.41. The minimum atomic E-state index is -0.573. The second-order valence-electron chi connectivity index (χ2n) is 7.41.